The van der Waals surface area contributed by atoms with Gasteiger partial charge in [0.15, 0.2) is 0 Å². The number of nitrogen functional groups attached to an aromatic ring is 1. The molecule has 1 aliphatic heterocycles. The van der Waals surface area contributed by atoms with Gasteiger partial charge in [-0.2, -0.15) is 0 Å². The third kappa shape index (κ3) is 4.54. The minimum atomic E-state index is -0.0195. The summed E-state index contributed by atoms with van der Waals surface area (Å²) in [6.45, 7) is 3.09. The molecule has 1 fully saturated rings. The molecule has 1 amide bonds. The maximum Gasteiger partial charge on any atom is 0.244 e. The van der Waals surface area contributed by atoms with E-state index < -0.39 is 0 Å². The molecule has 1 aliphatic rings. The van der Waals surface area contributed by atoms with E-state index in [1.807, 2.05) is 18.0 Å². The van der Waals surface area contributed by atoms with Crippen LogP contribution in [0, 0.1) is 0 Å². The van der Waals surface area contributed by atoms with E-state index >= 15 is 0 Å². The van der Waals surface area contributed by atoms with Crippen molar-refractivity contribution in [1.29, 1.82) is 0 Å². The van der Waals surface area contributed by atoms with E-state index in [2.05, 4.69) is 44.7 Å². The zero-order valence-electron chi connectivity index (χ0n) is 14.6. The van der Waals surface area contributed by atoms with Crippen LogP contribution in [0.3, 0.4) is 0 Å². The van der Waals surface area contributed by atoms with Crippen molar-refractivity contribution in [2.24, 2.45) is 0 Å². The highest BCUT2D eigenvalue weighted by molar-refractivity contribution is 5.76. The lowest BCUT2D eigenvalue weighted by Gasteiger charge is -2.37. The summed E-state index contributed by atoms with van der Waals surface area (Å²) in [5.41, 5.74) is 6.98. The van der Waals surface area contributed by atoms with Gasteiger partial charge in [-0.05, 0) is 41.8 Å². The van der Waals surface area contributed by atoms with Gasteiger partial charge in [-0.15, -0.1) is 0 Å². The largest absolute Gasteiger partial charge is 0.367 e. The van der Waals surface area contributed by atoms with E-state index in [9.17, 15) is 4.79 Å². The molecule has 8 heteroatoms. The molecule has 0 bridgehead atoms. The van der Waals surface area contributed by atoms with Crippen LogP contribution in [0.5, 0.6) is 0 Å². The van der Waals surface area contributed by atoms with Gasteiger partial charge in [0.2, 0.25) is 11.9 Å². The molecule has 1 atom stereocenters. The fourth-order valence-corrected chi connectivity index (χ4v) is 3.25. The summed E-state index contributed by atoms with van der Waals surface area (Å²) in [7, 11) is 1.86. The fourth-order valence-electron chi connectivity index (χ4n) is 3.25. The molecule has 1 aromatic heterocycles. The Balaban J connectivity index is 1.51. The molecule has 2 heterocycles. The van der Waals surface area contributed by atoms with Crippen molar-refractivity contribution in [3.05, 3.63) is 35.9 Å². The van der Waals surface area contributed by atoms with Crippen LogP contribution in [0.25, 0.3) is 0 Å². The van der Waals surface area contributed by atoms with E-state index in [-0.39, 0.29) is 24.4 Å². The third-order valence-corrected chi connectivity index (χ3v) is 4.83. The first-order chi connectivity index (χ1) is 12.1. The van der Waals surface area contributed by atoms with E-state index in [0.29, 0.717) is 0 Å². The average molecular weight is 343 g/mol. The Labute approximate surface area is 147 Å². The first-order valence-electron chi connectivity index (χ1n) is 8.67. The van der Waals surface area contributed by atoms with Crippen LogP contribution in [-0.2, 0) is 17.8 Å². The zero-order valence-corrected chi connectivity index (χ0v) is 14.6. The molecular formula is C17H25N7O. The molecule has 0 saturated carbocycles. The van der Waals surface area contributed by atoms with Gasteiger partial charge >= 0.3 is 0 Å². The smallest absolute Gasteiger partial charge is 0.244 e. The third-order valence-electron chi connectivity index (χ3n) is 4.83. The van der Waals surface area contributed by atoms with Crippen LogP contribution >= 0.6 is 0 Å². The fraction of sp³-hybridized carbons (Fsp3) is 0.529. The summed E-state index contributed by atoms with van der Waals surface area (Å²) in [5.74, 6) is 0.142. The number of amides is 1. The Bertz CT molecular complexity index is 687. The number of tetrazole rings is 1. The molecule has 8 nitrogen and oxygen atoms in total. The number of hydrogen-bond donors (Lipinski definition) is 1. The molecule has 2 aromatic rings. The molecule has 1 unspecified atom stereocenters. The maximum absolute atomic E-state index is 12.5. The zero-order chi connectivity index (χ0) is 17.6. The monoisotopic (exact) mass is 343 g/mol. The minimum Gasteiger partial charge on any atom is -0.367 e. The van der Waals surface area contributed by atoms with Gasteiger partial charge in [0.05, 0.1) is 0 Å². The van der Waals surface area contributed by atoms with Crippen molar-refractivity contribution in [3.8, 4) is 0 Å². The molecule has 1 saturated heterocycles. The highest BCUT2D eigenvalue weighted by atomic mass is 16.2. The number of aromatic nitrogens is 4. The second-order valence-corrected chi connectivity index (χ2v) is 6.53. The Morgan fingerprint density at radius 2 is 2.16 bits per heavy atom. The number of carbonyl (C=O) groups excluding carboxylic acids is 1. The van der Waals surface area contributed by atoms with Gasteiger partial charge in [0, 0.05) is 26.2 Å². The van der Waals surface area contributed by atoms with Gasteiger partial charge in [-0.25, -0.2) is 4.68 Å². The van der Waals surface area contributed by atoms with E-state index in [0.717, 1.165) is 38.9 Å². The van der Waals surface area contributed by atoms with E-state index in [4.69, 9.17) is 5.73 Å². The predicted molar refractivity (Wildman–Crippen MR) is 94.6 cm³/mol. The number of likely N-dealkylation sites (N-methyl/N-ethyl adjacent to an activating group) is 1. The minimum absolute atomic E-state index is 0.0195. The van der Waals surface area contributed by atoms with Gasteiger partial charge in [-0.1, -0.05) is 35.4 Å². The lowest BCUT2D eigenvalue weighted by atomic mass is 10.0. The van der Waals surface area contributed by atoms with Crippen LogP contribution < -0.4 is 5.73 Å². The molecule has 25 heavy (non-hydrogen) atoms. The Kier molecular flexibility index (Phi) is 5.60. The SMILES string of the molecule is CN(C(=O)Cn1nnnc1N)C1CCCN(CCc2ccccc2)C1. The first-order valence-corrected chi connectivity index (χ1v) is 8.67. The Hall–Kier alpha value is -2.48. The highest BCUT2D eigenvalue weighted by Crippen LogP contribution is 2.16. The molecule has 2 N–H and O–H groups in total. The molecule has 0 aliphatic carbocycles. The lowest BCUT2D eigenvalue weighted by molar-refractivity contribution is -0.133. The van der Waals surface area contributed by atoms with Gasteiger partial charge in [0.1, 0.15) is 6.54 Å². The second-order valence-electron chi connectivity index (χ2n) is 6.53. The second kappa shape index (κ2) is 8.06. The van der Waals surface area contributed by atoms with Crippen LogP contribution in [0.15, 0.2) is 30.3 Å². The average Bonchev–Trinajstić information content (AvgIpc) is 3.05. The van der Waals surface area contributed by atoms with Crippen molar-refractivity contribution in [3.63, 3.8) is 0 Å². The van der Waals surface area contributed by atoms with Crippen molar-refractivity contribution < 1.29 is 4.79 Å². The summed E-state index contributed by atoms with van der Waals surface area (Å²) in [4.78, 5) is 16.7. The van der Waals surface area contributed by atoms with E-state index in [1.54, 1.807) is 0 Å². The molecule has 0 radical (unpaired) electrons. The number of piperidine rings is 1. The summed E-state index contributed by atoms with van der Waals surface area (Å²) in [6.07, 6.45) is 3.16. The van der Waals surface area contributed by atoms with Gasteiger partial charge < -0.3 is 15.5 Å². The number of anilines is 1. The summed E-state index contributed by atoms with van der Waals surface area (Å²) in [5, 5.41) is 10.8. The predicted octanol–water partition coefficient (Wildman–Crippen LogP) is 0.421. The normalized spacial score (nSPS) is 18.2. The quantitative estimate of drug-likeness (QED) is 0.817. The highest BCUT2D eigenvalue weighted by Gasteiger charge is 2.26. The number of nitrogens with zero attached hydrogens (tertiary/aromatic N) is 6. The lowest BCUT2D eigenvalue weighted by Crippen LogP contribution is -2.49. The Morgan fingerprint density at radius 1 is 1.36 bits per heavy atom. The standard InChI is InChI=1S/C17H25N7O/c1-22(16(25)13-24-17(18)19-20-21-24)15-8-5-10-23(12-15)11-9-14-6-3-2-4-7-14/h2-4,6-7,15H,5,8-13H2,1H3,(H2,18,19,21). The number of benzene rings is 1. The van der Waals surface area contributed by atoms with Gasteiger partial charge in [0.25, 0.3) is 0 Å². The molecular weight excluding hydrogens is 318 g/mol. The van der Waals surface area contributed by atoms with E-state index in [1.165, 1.54) is 10.2 Å². The number of nitrogens with two attached hydrogens (primary N) is 1. The van der Waals surface area contributed by atoms with Gasteiger partial charge in [-0.3, -0.25) is 4.79 Å². The van der Waals surface area contributed by atoms with Crippen LogP contribution in [-0.4, -0.2) is 68.6 Å². The number of likely N-dealkylation sites (tertiary alicyclic amines) is 1. The number of rotatable bonds is 6. The van der Waals surface area contributed by atoms with Crippen molar-refractivity contribution in [2.45, 2.75) is 31.8 Å². The van der Waals surface area contributed by atoms with Crippen molar-refractivity contribution >= 4 is 11.9 Å². The van der Waals surface area contributed by atoms with Crippen LogP contribution in [0.1, 0.15) is 18.4 Å². The summed E-state index contributed by atoms with van der Waals surface area (Å²) in [6, 6.07) is 10.7. The van der Waals surface area contributed by atoms with Crippen molar-refractivity contribution in [1.82, 2.24) is 30.0 Å². The van der Waals surface area contributed by atoms with Crippen LogP contribution in [0.4, 0.5) is 5.95 Å². The summed E-state index contributed by atoms with van der Waals surface area (Å²) >= 11 is 0. The maximum atomic E-state index is 12.5. The number of hydrogen-bond acceptors (Lipinski definition) is 6. The number of carbonyl (C=O) groups is 1. The molecule has 0 spiro atoms. The summed E-state index contributed by atoms with van der Waals surface area (Å²) < 4.78 is 1.33. The van der Waals surface area contributed by atoms with Crippen molar-refractivity contribution in [2.75, 3.05) is 32.4 Å². The topological polar surface area (TPSA) is 93.2 Å². The first kappa shape index (κ1) is 17.3. The molecule has 1 aromatic carbocycles. The molecule has 134 valence electrons. The van der Waals surface area contributed by atoms with Crippen LogP contribution in [0.2, 0.25) is 0 Å². The molecule has 3 rings (SSSR count). The Morgan fingerprint density at radius 3 is 2.88 bits per heavy atom.